The number of hydrogen-bond acceptors (Lipinski definition) is 14. The van der Waals surface area contributed by atoms with Gasteiger partial charge in [-0.15, -0.1) is 0 Å². The second-order valence-electron chi connectivity index (χ2n) is 18.3. The quantitative estimate of drug-likeness (QED) is 0.0177. The second-order valence-corrected chi connectivity index (χ2v) is 18.3. The van der Waals surface area contributed by atoms with E-state index < -0.39 is 80.7 Å². The van der Waals surface area contributed by atoms with E-state index in [-0.39, 0.29) is 25.6 Å². The summed E-state index contributed by atoms with van der Waals surface area (Å²) in [6.07, 6.45) is 27.7. The summed E-state index contributed by atoms with van der Waals surface area (Å²) in [5.41, 5.74) is 0. The third kappa shape index (κ3) is 27.4. The lowest BCUT2D eigenvalue weighted by Crippen LogP contribution is -2.61. The Balaban J connectivity index is 1.77. The van der Waals surface area contributed by atoms with Crippen molar-refractivity contribution >= 4 is 5.97 Å². The molecule has 11 unspecified atom stereocenters. The molecule has 0 aliphatic carbocycles. The first-order valence-electron chi connectivity index (χ1n) is 26.1. The first-order valence-corrected chi connectivity index (χ1v) is 26.1. The van der Waals surface area contributed by atoms with E-state index in [4.69, 9.17) is 28.4 Å². The predicted octanol–water partition coefficient (Wildman–Crippen LogP) is 7.80. The Hall–Kier alpha value is -1.79. The number of carbonyl (C=O) groups excluding carboxylic acids is 1. The Morgan fingerprint density at radius 2 is 0.985 bits per heavy atom. The smallest absolute Gasteiger partial charge is 0.306 e. The van der Waals surface area contributed by atoms with Crippen LogP contribution in [0.2, 0.25) is 0 Å². The van der Waals surface area contributed by atoms with Crippen LogP contribution in [0.5, 0.6) is 0 Å². The summed E-state index contributed by atoms with van der Waals surface area (Å²) in [4.78, 5) is 13.0. The minimum absolute atomic E-state index is 0.0549. The van der Waals surface area contributed by atoms with Crippen LogP contribution in [-0.4, -0.2) is 142 Å². The molecule has 0 aromatic heterocycles. The largest absolute Gasteiger partial charge is 0.457 e. The zero-order valence-electron chi connectivity index (χ0n) is 40.9. The van der Waals surface area contributed by atoms with Gasteiger partial charge in [0.15, 0.2) is 12.6 Å². The molecule has 0 spiro atoms. The van der Waals surface area contributed by atoms with Crippen LogP contribution in [0.4, 0.5) is 0 Å². The summed E-state index contributed by atoms with van der Waals surface area (Å²) in [7, 11) is 0. The number of rotatable bonds is 41. The molecule has 0 aromatic carbocycles. The molecule has 0 aromatic rings. The summed E-state index contributed by atoms with van der Waals surface area (Å²) in [6, 6.07) is 0. The first-order chi connectivity index (χ1) is 32.1. The summed E-state index contributed by atoms with van der Waals surface area (Å²) >= 11 is 0. The van der Waals surface area contributed by atoms with E-state index in [1.165, 1.54) is 89.9 Å². The molecule has 2 aliphatic heterocycles. The third-order valence-corrected chi connectivity index (χ3v) is 12.4. The average Bonchev–Trinajstić information content (AvgIpc) is 3.31. The highest BCUT2D eigenvalue weighted by molar-refractivity contribution is 5.69. The van der Waals surface area contributed by atoms with Crippen LogP contribution >= 0.6 is 0 Å². The molecule has 2 saturated heterocycles. The number of esters is 1. The van der Waals surface area contributed by atoms with Crippen molar-refractivity contribution in [1.29, 1.82) is 0 Å². The van der Waals surface area contributed by atoms with E-state index in [1.807, 2.05) is 0 Å². The average molecular weight is 943 g/mol. The van der Waals surface area contributed by atoms with Crippen LogP contribution in [-0.2, 0) is 33.2 Å². The highest BCUT2D eigenvalue weighted by Crippen LogP contribution is 2.26. The van der Waals surface area contributed by atoms with E-state index in [9.17, 15) is 40.5 Å². The number of unbranched alkanes of at least 4 members (excludes halogenated alkanes) is 21. The maximum Gasteiger partial charge on any atom is 0.306 e. The van der Waals surface area contributed by atoms with Gasteiger partial charge < -0.3 is 64.2 Å². The van der Waals surface area contributed by atoms with Gasteiger partial charge in [0.2, 0.25) is 0 Å². The molecule has 2 aliphatic rings. The molecule has 0 radical (unpaired) electrons. The van der Waals surface area contributed by atoms with Crippen LogP contribution in [0.1, 0.15) is 187 Å². The van der Waals surface area contributed by atoms with Crippen molar-refractivity contribution in [1.82, 2.24) is 0 Å². The third-order valence-electron chi connectivity index (χ3n) is 12.4. The molecule has 2 heterocycles. The topological polar surface area (TPSA) is 214 Å². The Morgan fingerprint density at radius 1 is 0.515 bits per heavy atom. The lowest BCUT2D eigenvalue weighted by molar-refractivity contribution is -0.332. The highest BCUT2D eigenvalue weighted by Gasteiger charge is 2.47. The Labute approximate surface area is 398 Å². The van der Waals surface area contributed by atoms with Crippen molar-refractivity contribution in [3.63, 3.8) is 0 Å². The van der Waals surface area contributed by atoms with Crippen molar-refractivity contribution in [2.45, 2.75) is 255 Å². The molecule has 14 heteroatoms. The minimum Gasteiger partial charge on any atom is -0.457 e. The van der Waals surface area contributed by atoms with Gasteiger partial charge in [-0.05, 0) is 44.9 Å². The van der Waals surface area contributed by atoms with Gasteiger partial charge in [0.25, 0.3) is 0 Å². The van der Waals surface area contributed by atoms with Crippen LogP contribution in [0.25, 0.3) is 0 Å². The highest BCUT2D eigenvalue weighted by atomic mass is 16.7. The van der Waals surface area contributed by atoms with Gasteiger partial charge in [0.1, 0.15) is 54.9 Å². The SMILES string of the molecule is CC/C=C\C/C=C\C/C=C\CCCCCCCCOCC(COC1OC(COC2OC(CO)C(O)C(O)C2O)C(O)C(O)C1O)OC(=O)CCCCCCCCCCCCCCCCCC. The summed E-state index contributed by atoms with van der Waals surface area (Å²) in [6.45, 7) is 3.56. The van der Waals surface area contributed by atoms with Crippen LogP contribution in [0.15, 0.2) is 36.5 Å². The monoisotopic (exact) mass is 943 g/mol. The van der Waals surface area contributed by atoms with Crippen LogP contribution < -0.4 is 0 Å². The molecule has 0 saturated carbocycles. The Morgan fingerprint density at radius 3 is 1.55 bits per heavy atom. The number of aliphatic hydroxyl groups is 7. The normalized spacial score (nSPS) is 26.6. The Kier molecular flexibility index (Phi) is 36.6. The van der Waals surface area contributed by atoms with Gasteiger partial charge in [-0.3, -0.25) is 4.79 Å². The maximum atomic E-state index is 13.0. The summed E-state index contributed by atoms with van der Waals surface area (Å²) in [5.74, 6) is -0.380. The van der Waals surface area contributed by atoms with Gasteiger partial charge in [0.05, 0.1) is 26.4 Å². The maximum absolute atomic E-state index is 13.0. The molecule has 0 amide bonds. The molecule has 7 N–H and O–H groups in total. The molecular formula is C52H94O14. The predicted molar refractivity (Wildman–Crippen MR) is 256 cm³/mol. The van der Waals surface area contributed by atoms with Gasteiger partial charge in [-0.2, -0.15) is 0 Å². The minimum atomic E-state index is -1.71. The Bertz CT molecular complexity index is 1230. The summed E-state index contributed by atoms with van der Waals surface area (Å²) in [5, 5.41) is 72.1. The fourth-order valence-electron chi connectivity index (χ4n) is 8.18. The molecule has 0 bridgehead atoms. The van der Waals surface area contributed by atoms with Gasteiger partial charge >= 0.3 is 5.97 Å². The second kappa shape index (κ2) is 40.0. The molecule has 11 atom stereocenters. The number of allylic oxidation sites excluding steroid dienone is 6. The van der Waals surface area contributed by atoms with E-state index in [2.05, 4.69) is 50.3 Å². The van der Waals surface area contributed by atoms with Gasteiger partial charge in [0, 0.05) is 13.0 Å². The van der Waals surface area contributed by atoms with Crippen LogP contribution in [0.3, 0.4) is 0 Å². The number of aliphatic hydroxyl groups excluding tert-OH is 7. The zero-order chi connectivity index (χ0) is 48.0. The van der Waals surface area contributed by atoms with Gasteiger partial charge in [-0.1, -0.05) is 172 Å². The standard InChI is InChI=1S/C52H94O14/c1-3-5-7-9-11-13-15-17-19-21-23-25-27-29-31-33-35-44(54)64-41(38-61-36-34-32-30-28-26-24-22-20-18-16-14-12-10-8-6-4-2)39-62-51-50(60)48(58)46(56)43(66-51)40-63-52-49(59)47(57)45(55)42(37-53)65-52/h6,8,12,14,18,20,41-43,45-53,55-60H,3-5,7,9-11,13,15-17,19,21-40H2,1-2H3/b8-6-,14-12-,20-18-. The molecular weight excluding hydrogens is 849 g/mol. The fourth-order valence-corrected chi connectivity index (χ4v) is 8.18. The zero-order valence-corrected chi connectivity index (χ0v) is 40.9. The first kappa shape index (κ1) is 60.3. The molecule has 2 fully saturated rings. The van der Waals surface area contributed by atoms with E-state index in [1.54, 1.807) is 0 Å². The van der Waals surface area contributed by atoms with Crippen molar-refractivity contribution in [2.24, 2.45) is 0 Å². The van der Waals surface area contributed by atoms with Crippen molar-refractivity contribution in [2.75, 3.05) is 33.0 Å². The summed E-state index contributed by atoms with van der Waals surface area (Å²) < 4.78 is 34.3. The number of carbonyl (C=O) groups is 1. The number of hydrogen-bond donors (Lipinski definition) is 7. The van der Waals surface area contributed by atoms with Crippen molar-refractivity contribution < 1.29 is 69.0 Å². The van der Waals surface area contributed by atoms with Crippen molar-refractivity contribution in [3.05, 3.63) is 36.5 Å². The lowest BCUT2D eigenvalue weighted by Gasteiger charge is -2.42. The molecule has 66 heavy (non-hydrogen) atoms. The molecule has 386 valence electrons. The van der Waals surface area contributed by atoms with Crippen molar-refractivity contribution in [3.8, 4) is 0 Å². The van der Waals surface area contributed by atoms with E-state index in [0.717, 1.165) is 70.6 Å². The number of ether oxygens (including phenoxy) is 6. The van der Waals surface area contributed by atoms with Gasteiger partial charge in [-0.25, -0.2) is 0 Å². The fraction of sp³-hybridized carbons (Fsp3) is 0.865. The lowest BCUT2D eigenvalue weighted by atomic mass is 9.98. The molecule has 2 rings (SSSR count). The van der Waals surface area contributed by atoms with E-state index >= 15 is 0 Å². The molecule has 14 nitrogen and oxygen atoms in total. The van der Waals surface area contributed by atoms with Crippen LogP contribution in [0, 0.1) is 0 Å². The van der Waals surface area contributed by atoms with E-state index in [0.29, 0.717) is 13.0 Å².